The van der Waals surface area contributed by atoms with Crippen molar-refractivity contribution in [3.8, 4) is 0 Å². The molecule has 28 heavy (non-hydrogen) atoms. The van der Waals surface area contributed by atoms with Crippen LogP contribution in [0, 0.1) is 10.1 Å². The van der Waals surface area contributed by atoms with Gasteiger partial charge in [-0.15, -0.1) is 11.3 Å². The fourth-order valence-electron chi connectivity index (χ4n) is 3.55. The van der Waals surface area contributed by atoms with Gasteiger partial charge in [0.15, 0.2) is 0 Å². The molecule has 1 aliphatic rings. The Hall–Kier alpha value is -3.25. The molecule has 1 aliphatic heterocycles. The van der Waals surface area contributed by atoms with Crippen molar-refractivity contribution in [2.24, 2.45) is 0 Å². The van der Waals surface area contributed by atoms with Crippen molar-refractivity contribution in [1.82, 2.24) is 4.90 Å². The monoisotopic (exact) mass is 390 g/mol. The van der Waals surface area contributed by atoms with Crippen LogP contribution in [0.2, 0.25) is 0 Å². The summed E-state index contributed by atoms with van der Waals surface area (Å²) in [5, 5.41) is 13.0. The molecule has 2 aromatic carbocycles. The highest BCUT2D eigenvalue weighted by molar-refractivity contribution is 7.10. The first-order chi connectivity index (χ1) is 13.6. The smallest absolute Gasteiger partial charge is 0.270 e. The Morgan fingerprint density at radius 1 is 1.14 bits per heavy atom. The number of non-ortho nitro benzene ring substituents is 1. The minimum atomic E-state index is -0.437. The van der Waals surface area contributed by atoms with Crippen LogP contribution in [-0.4, -0.2) is 22.3 Å². The predicted molar refractivity (Wildman–Crippen MR) is 110 cm³/mol. The summed E-state index contributed by atoms with van der Waals surface area (Å²) in [4.78, 5) is 26.7. The molecule has 0 bridgehead atoms. The molecule has 0 spiro atoms. The van der Waals surface area contributed by atoms with Crippen molar-refractivity contribution in [3.05, 3.63) is 104 Å². The fraction of sp³-hybridized carbons (Fsp3) is 0.136. The van der Waals surface area contributed by atoms with Crippen LogP contribution in [0.1, 0.15) is 27.6 Å². The maximum absolute atomic E-state index is 13.0. The van der Waals surface area contributed by atoms with Gasteiger partial charge in [0.1, 0.15) is 0 Å². The van der Waals surface area contributed by atoms with E-state index >= 15 is 0 Å². The molecule has 0 fully saturated rings. The number of hydrogen-bond donors (Lipinski definition) is 0. The average molecular weight is 390 g/mol. The van der Waals surface area contributed by atoms with Gasteiger partial charge >= 0.3 is 0 Å². The van der Waals surface area contributed by atoms with Crippen LogP contribution < -0.4 is 0 Å². The molecule has 1 amide bonds. The molecule has 3 aromatic rings. The molecular formula is C22H18N2O3S. The summed E-state index contributed by atoms with van der Waals surface area (Å²) >= 11 is 1.73. The third-order valence-electron chi connectivity index (χ3n) is 4.86. The molecule has 1 atom stereocenters. The second kappa shape index (κ2) is 7.78. The third kappa shape index (κ3) is 3.59. The molecule has 140 valence electrons. The summed E-state index contributed by atoms with van der Waals surface area (Å²) in [6, 6.07) is 18.3. The van der Waals surface area contributed by atoms with Gasteiger partial charge in [-0.2, -0.15) is 0 Å². The number of nitro groups is 1. The zero-order chi connectivity index (χ0) is 19.5. The molecule has 1 aromatic heterocycles. The second-order valence-electron chi connectivity index (χ2n) is 6.58. The summed E-state index contributed by atoms with van der Waals surface area (Å²) in [7, 11) is 0. The highest BCUT2D eigenvalue weighted by atomic mass is 32.1. The minimum absolute atomic E-state index is 0.0117. The van der Waals surface area contributed by atoms with E-state index in [-0.39, 0.29) is 17.6 Å². The lowest BCUT2D eigenvalue weighted by atomic mass is 9.93. The van der Waals surface area contributed by atoms with E-state index in [1.807, 2.05) is 35.2 Å². The van der Waals surface area contributed by atoms with E-state index in [1.54, 1.807) is 29.5 Å². The largest absolute Gasteiger partial charge is 0.328 e. The molecular weight excluding hydrogens is 372 g/mol. The molecule has 4 rings (SSSR count). The number of nitrogens with zero attached hydrogens (tertiary/aromatic N) is 2. The Kier molecular flexibility index (Phi) is 5.04. The molecule has 2 heterocycles. The predicted octanol–water partition coefficient (Wildman–Crippen LogP) is 4.84. The summed E-state index contributed by atoms with van der Waals surface area (Å²) < 4.78 is 0. The lowest BCUT2D eigenvalue weighted by molar-refractivity contribution is -0.384. The van der Waals surface area contributed by atoms with Crippen molar-refractivity contribution in [2.45, 2.75) is 12.5 Å². The van der Waals surface area contributed by atoms with Crippen LogP contribution in [0.15, 0.2) is 72.1 Å². The zero-order valence-electron chi connectivity index (χ0n) is 15.0. The summed E-state index contributed by atoms with van der Waals surface area (Å²) in [5.41, 5.74) is 2.91. The van der Waals surface area contributed by atoms with Crippen molar-refractivity contribution < 1.29 is 9.72 Å². The topological polar surface area (TPSA) is 63.4 Å². The van der Waals surface area contributed by atoms with Crippen LogP contribution in [0.3, 0.4) is 0 Å². The van der Waals surface area contributed by atoms with Crippen molar-refractivity contribution in [3.63, 3.8) is 0 Å². The van der Waals surface area contributed by atoms with E-state index in [0.717, 1.165) is 12.0 Å². The zero-order valence-corrected chi connectivity index (χ0v) is 15.8. The van der Waals surface area contributed by atoms with Gasteiger partial charge in [-0.05, 0) is 40.6 Å². The Morgan fingerprint density at radius 2 is 1.96 bits per heavy atom. The summed E-state index contributed by atoms with van der Waals surface area (Å²) in [6.07, 6.45) is 3.99. The van der Waals surface area contributed by atoms with Gasteiger partial charge in [0.05, 0.1) is 11.0 Å². The van der Waals surface area contributed by atoms with Crippen LogP contribution >= 0.6 is 11.3 Å². The molecule has 0 saturated heterocycles. The van der Waals surface area contributed by atoms with Crippen molar-refractivity contribution >= 4 is 29.0 Å². The van der Waals surface area contributed by atoms with E-state index in [0.29, 0.717) is 12.1 Å². The number of amides is 1. The molecule has 5 nitrogen and oxygen atoms in total. The Balaban J connectivity index is 1.63. The number of nitro benzene ring substituents is 1. The van der Waals surface area contributed by atoms with Crippen LogP contribution in [0.25, 0.3) is 6.08 Å². The van der Waals surface area contributed by atoms with E-state index in [2.05, 4.69) is 11.4 Å². The van der Waals surface area contributed by atoms with Gasteiger partial charge in [-0.1, -0.05) is 42.5 Å². The number of thiophene rings is 1. The van der Waals surface area contributed by atoms with Crippen LogP contribution in [0.4, 0.5) is 5.69 Å². The highest BCUT2D eigenvalue weighted by Gasteiger charge is 2.31. The lowest BCUT2D eigenvalue weighted by Crippen LogP contribution is -2.39. The summed E-state index contributed by atoms with van der Waals surface area (Å²) in [6.45, 7) is 0.644. The Morgan fingerprint density at radius 3 is 2.75 bits per heavy atom. The van der Waals surface area contributed by atoms with Gasteiger partial charge in [0, 0.05) is 29.6 Å². The molecule has 0 N–H and O–H groups in total. The number of carbonyl (C=O) groups excluding carboxylic acids is 1. The second-order valence-corrected chi connectivity index (χ2v) is 7.58. The number of fused-ring (bicyclic) bond motifs is 1. The maximum Gasteiger partial charge on any atom is 0.270 e. The Bertz CT molecular complexity index is 1040. The van der Waals surface area contributed by atoms with Crippen molar-refractivity contribution in [2.75, 3.05) is 6.54 Å². The van der Waals surface area contributed by atoms with E-state index in [9.17, 15) is 14.9 Å². The van der Waals surface area contributed by atoms with Gasteiger partial charge in [-0.3, -0.25) is 14.9 Å². The van der Waals surface area contributed by atoms with Gasteiger partial charge in [0.2, 0.25) is 5.91 Å². The van der Waals surface area contributed by atoms with Crippen LogP contribution in [0.5, 0.6) is 0 Å². The van der Waals surface area contributed by atoms with Gasteiger partial charge in [0.25, 0.3) is 5.69 Å². The quantitative estimate of drug-likeness (QED) is 0.364. The molecule has 0 saturated carbocycles. The van der Waals surface area contributed by atoms with Gasteiger partial charge < -0.3 is 4.90 Å². The molecule has 6 heteroatoms. The van der Waals surface area contributed by atoms with E-state index < -0.39 is 4.92 Å². The first-order valence-electron chi connectivity index (χ1n) is 8.98. The lowest BCUT2D eigenvalue weighted by Gasteiger charge is -2.35. The normalized spacial score (nSPS) is 16.1. The third-order valence-corrected chi connectivity index (χ3v) is 5.86. The van der Waals surface area contributed by atoms with Crippen molar-refractivity contribution in [1.29, 1.82) is 0 Å². The minimum Gasteiger partial charge on any atom is -0.328 e. The highest BCUT2D eigenvalue weighted by Crippen LogP contribution is 2.37. The maximum atomic E-state index is 13.0. The molecule has 0 radical (unpaired) electrons. The molecule has 0 unspecified atom stereocenters. The first-order valence-corrected chi connectivity index (χ1v) is 9.86. The number of hydrogen-bond acceptors (Lipinski definition) is 4. The first kappa shape index (κ1) is 18.1. The van der Waals surface area contributed by atoms with E-state index in [4.69, 9.17) is 0 Å². The van der Waals surface area contributed by atoms with E-state index in [1.165, 1.54) is 28.6 Å². The van der Waals surface area contributed by atoms with Crippen LogP contribution in [-0.2, 0) is 11.2 Å². The SMILES string of the molecule is O=C(/C=C/c1cccc([N+](=O)[O-])c1)N1CCc2sccc2[C@H]1c1ccccc1. The Labute approximate surface area is 166 Å². The number of benzene rings is 2. The fourth-order valence-corrected chi connectivity index (χ4v) is 4.46. The standard InChI is InChI=1S/C22H18N2O3S/c25-21(10-9-16-5-4-8-18(15-16)24(26)27)23-13-11-20-19(12-14-28-20)22(23)17-6-2-1-3-7-17/h1-10,12,14-15,22H,11,13H2/b10-9+/t22-/m1/s1. The molecule has 0 aliphatic carbocycles. The number of carbonyl (C=O) groups is 1. The average Bonchev–Trinajstić information content (AvgIpc) is 3.21. The summed E-state index contributed by atoms with van der Waals surface area (Å²) in [5.74, 6) is -0.0998. The van der Waals surface area contributed by atoms with Gasteiger partial charge in [-0.25, -0.2) is 0 Å². The number of rotatable bonds is 4.